The lowest BCUT2D eigenvalue weighted by Crippen LogP contribution is -2.52. The number of furan rings is 1. The average Bonchev–Trinajstić information content (AvgIpc) is 2.98. The van der Waals surface area contributed by atoms with Crippen molar-refractivity contribution in [3.8, 4) is 0 Å². The fourth-order valence-corrected chi connectivity index (χ4v) is 3.07. The molecule has 112 valence electrons. The van der Waals surface area contributed by atoms with E-state index < -0.39 is 0 Å². The molecule has 0 radical (unpaired) electrons. The minimum absolute atomic E-state index is 0.229. The van der Waals surface area contributed by atoms with E-state index >= 15 is 0 Å². The SMILES string of the molecule is CB1C=c2oc3nc(C)ccc3c2=CN1N1C=CN(C)[C@@H]1C. The van der Waals surface area contributed by atoms with E-state index in [0.29, 0.717) is 11.9 Å². The second-order valence-corrected chi connectivity index (χ2v) is 6.08. The molecule has 2 aliphatic heterocycles. The number of rotatable bonds is 1. The zero-order valence-corrected chi connectivity index (χ0v) is 13.3. The number of hydrazine groups is 1. The van der Waals surface area contributed by atoms with Crippen LogP contribution < -0.4 is 10.6 Å². The van der Waals surface area contributed by atoms with E-state index in [-0.39, 0.29) is 6.85 Å². The number of fused-ring (bicyclic) bond motifs is 3. The Kier molecular flexibility index (Phi) is 2.76. The van der Waals surface area contributed by atoms with Crippen LogP contribution in [-0.2, 0) is 0 Å². The maximum Gasteiger partial charge on any atom is 0.306 e. The molecule has 0 saturated heterocycles. The highest BCUT2D eigenvalue weighted by Crippen LogP contribution is 2.19. The van der Waals surface area contributed by atoms with Gasteiger partial charge in [-0.05, 0) is 32.0 Å². The molecule has 2 aliphatic rings. The topological polar surface area (TPSA) is 35.8 Å². The van der Waals surface area contributed by atoms with Gasteiger partial charge in [-0.25, -0.2) is 4.98 Å². The van der Waals surface area contributed by atoms with Gasteiger partial charge in [0, 0.05) is 41.9 Å². The molecular weight excluding hydrogens is 275 g/mol. The van der Waals surface area contributed by atoms with Gasteiger partial charge in [0.15, 0.2) is 0 Å². The maximum absolute atomic E-state index is 5.93. The Labute approximate surface area is 129 Å². The van der Waals surface area contributed by atoms with Crippen LogP contribution in [0, 0.1) is 6.92 Å². The summed E-state index contributed by atoms with van der Waals surface area (Å²) in [6.07, 6.45) is 6.68. The molecule has 0 saturated carbocycles. The molecule has 0 amide bonds. The number of nitrogens with zero attached hydrogens (tertiary/aromatic N) is 4. The number of pyridine rings is 1. The van der Waals surface area contributed by atoms with Gasteiger partial charge in [0.05, 0.1) is 0 Å². The first-order valence-corrected chi connectivity index (χ1v) is 7.61. The highest BCUT2D eigenvalue weighted by atomic mass is 16.3. The van der Waals surface area contributed by atoms with Crippen molar-refractivity contribution in [3.63, 3.8) is 0 Å². The van der Waals surface area contributed by atoms with Gasteiger partial charge in [-0.2, -0.15) is 0 Å². The van der Waals surface area contributed by atoms with Crippen molar-refractivity contribution in [2.45, 2.75) is 26.8 Å². The van der Waals surface area contributed by atoms with Crippen molar-refractivity contribution >= 4 is 30.1 Å². The Bertz CT molecular complexity index is 887. The lowest BCUT2D eigenvalue weighted by molar-refractivity contribution is 0.0856. The van der Waals surface area contributed by atoms with Crippen molar-refractivity contribution in [2.24, 2.45) is 0 Å². The largest absolute Gasteiger partial charge is 0.439 e. The molecule has 4 rings (SSSR count). The Morgan fingerprint density at radius 2 is 2.09 bits per heavy atom. The van der Waals surface area contributed by atoms with Crippen LogP contribution in [0.3, 0.4) is 0 Å². The summed E-state index contributed by atoms with van der Waals surface area (Å²) in [6, 6.07) is 4.12. The highest BCUT2D eigenvalue weighted by Gasteiger charge is 2.29. The van der Waals surface area contributed by atoms with Gasteiger partial charge < -0.3 is 14.2 Å². The summed E-state index contributed by atoms with van der Waals surface area (Å²) in [6.45, 7) is 6.57. The maximum atomic E-state index is 5.93. The summed E-state index contributed by atoms with van der Waals surface area (Å²) < 4.78 is 5.93. The van der Waals surface area contributed by atoms with Crippen LogP contribution >= 0.6 is 0 Å². The van der Waals surface area contributed by atoms with Gasteiger partial charge in [-0.1, -0.05) is 6.82 Å². The van der Waals surface area contributed by atoms with Crippen LogP contribution in [0.25, 0.3) is 23.3 Å². The molecule has 0 bridgehead atoms. The number of hydrogen-bond donors (Lipinski definition) is 0. The lowest BCUT2D eigenvalue weighted by atomic mass is 9.63. The molecule has 6 heteroatoms. The van der Waals surface area contributed by atoms with E-state index in [9.17, 15) is 0 Å². The van der Waals surface area contributed by atoms with E-state index in [1.807, 2.05) is 13.0 Å². The Morgan fingerprint density at radius 1 is 1.27 bits per heavy atom. The quantitative estimate of drug-likeness (QED) is 0.736. The normalized spacial score (nSPS) is 20.5. The zero-order chi connectivity index (χ0) is 15.4. The average molecular weight is 294 g/mol. The molecule has 2 aromatic rings. The predicted molar refractivity (Wildman–Crippen MR) is 88.6 cm³/mol. The molecule has 0 aromatic carbocycles. The van der Waals surface area contributed by atoms with E-state index in [2.05, 4.69) is 71.2 Å². The van der Waals surface area contributed by atoms with Gasteiger partial charge >= 0.3 is 6.85 Å². The first-order chi connectivity index (χ1) is 10.5. The van der Waals surface area contributed by atoms with Gasteiger partial charge in [0.25, 0.3) is 0 Å². The summed E-state index contributed by atoms with van der Waals surface area (Å²) in [7, 11) is 2.09. The van der Waals surface area contributed by atoms with Crippen LogP contribution in [0.15, 0.2) is 28.9 Å². The van der Waals surface area contributed by atoms with Crippen molar-refractivity contribution in [1.29, 1.82) is 0 Å². The Hall–Kier alpha value is -2.37. The predicted octanol–water partition coefficient (Wildman–Crippen LogP) is 1.11. The van der Waals surface area contributed by atoms with Crippen molar-refractivity contribution in [3.05, 3.63) is 40.9 Å². The fourth-order valence-electron chi connectivity index (χ4n) is 3.07. The third-order valence-electron chi connectivity index (χ3n) is 4.53. The lowest BCUT2D eigenvalue weighted by Gasteiger charge is -2.39. The molecule has 0 spiro atoms. The zero-order valence-electron chi connectivity index (χ0n) is 13.3. The molecule has 1 atom stereocenters. The molecule has 4 heterocycles. The Balaban J connectivity index is 1.88. The van der Waals surface area contributed by atoms with Gasteiger partial charge in [-0.3, -0.25) is 5.01 Å². The van der Waals surface area contributed by atoms with E-state index in [0.717, 1.165) is 21.7 Å². The van der Waals surface area contributed by atoms with Crippen LogP contribution in [0.5, 0.6) is 0 Å². The van der Waals surface area contributed by atoms with E-state index in [1.165, 1.54) is 0 Å². The van der Waals surface area contributed by atoms with Crippen molar-refractivity contribution in [1.82, 2.24) is 19.8 Å². The van der Waals surface area contributed by atoms with Crippen LogP contribution in [-0.4, -0.2) is 39.9 Å². The molecule has 2 aromatic heterocycles. The minimum Gasteiger partial charge on any atom is -0.439 e. The van der Waals surface area contributed by atoms with Gasteiger partial charge in [-0.15, -0.1) is 0 Å². The number of aryl methyl sites for hydroxylation is 1. The first kappa shape index (κ1) is 13.3. The molecule has 5 nitrogen and oxygen atoms in total. The summed E-state index contributed by atoms with van der Waals surface area (Å²) in [4.78, 5) is 8.94. The van der Waals surface area contributed by atoms with Crippen LogP contribution in [0.2, 0.25) is 6.82 Å². The third kappa shape index (κ3) is 1.83. The minimum atomic E-state index is 0.229. The molecule has 22 heavy (non-hydrogen) atoms. The standard InChI is InChI=1S/C16H19BN4O/c1-11-5-6-13-14-10-21(20-8-7-19(4)12(20)2)17(3)9-15(14)22-16(13)18-11/h5-10,12H,1-4H3/t12-/m0/s1. The van der Waals surface area contributed by atoms with Crippen LogP contribution in [0.4, 0.5) is 0 Å². The first-order valence-electron chi connectivity index (χ1n) is 7.61. The third-order valence-corrected chi connectivity index (χ3v) is 4.53. The number of aromatic nitrogens is 1. The van der Waals surface area contributed by atoms with Gasteiger partial charge in [0.1, 0.15) is 11.6 Å². The van der Waals surface area contributed by atoms with E-state index in [4.69, 9.17) is 4.42 Å². The molecular formula is C16H19BN4O. The molecule has 0 unspecified atom stereocenters. The highest BCUT2D eigenvalue weighted by molar-refractivity contribution is 6.70. The summed E-state index contributed by atoms with van der Waals surface area (Å²) in [5.74, 6) is 2.16. The molecule has 0 fully saturated rings. The van der Waals surface area contributed by atoms with Crippen LogP contribution in [0.1, 0.15) is 12.6 Å². The fraction of sp³-hybridized carbons (Fsp3) is 0.312. The summed E-state index contributed by atoms with van der Waals surface area (Å²) in [5.41, 5.74) is 2.61. The van der Waals surface area contributed by atoms with Gasteiger partial charge in [0.2, 0.25) is 5.71 Å². The second-order valence-electron chi connectivity index (χ2n) is 6.08. The summed E-state index contributed by atoms with van der Waals surface area (Å²) in [5, 5.41) is 4.42. The second kappa shape index (κ2) is 4.56. The Morgan fingerprint density at radius 3 is 2.82 bits per heavy atom. The number of hydrogen-bond acceptors (Lipinski definition) is 5. The molecule has 0 aliphatic carbocycles. The van der Waals surface area contributed by atoms with E-state index in [1.54, 1.807) is 0 Å². The van der Waals surface area contributed by atoms with Crippen molar-refractivity contribution < 1.29 is 4.42 Å². The smallest absolute Gasteiger partial charge is 0.306 e. The molecule has 0 N–H and O–H groups in total. The monoisotopic (exact) mass is 294 g/mol. The summed E-state index contributed by atoms with van der Waals surface area (Å²) >= 11 is 0. The van der Waals surface area contributed by atoms with Crippen molar-refractivity contribution in [2.75, 3.05) is 7.05 Å².